The first kappa shape index (κ1) is 13.6. The molecule has 0 bridgehead atoms. The van der Waals surface area contributed by atoms with Crippen LogP contribution < -0.4 is 0 Å². The number of hydrogen-bond donors (Lipinski definition) is 1. The number of aromatic amines is 1. The molecule has 19 heavy (non-hydrogen) atoms. The van der Waals surface area contributed by atoms with Gasteiger partial charge in [-0.05, 0) is 45.8 Å². The molecule has 1 heterocycles. The third kappa shape index (κ3) is 2.49. The highest BCUT2D eigenvalue weighted by Crippen LogP contribution is 2.40. The Labute approximate surface area is 113 Å². The van der Waals surface area contributed by atoms with Crippen molar-refractivity contribution in [2.75, 3.05) is 0 Å². The Kier molecular flexibility index (Phi) is 3.37. The molecule has 0 fully saturated rings. The Morgan fingerprint density at radius 2 is 1.74 bits per heavy atom. The van der Waals surface area contributed by atoms with Crippen LogP contribution in [0.1, 0.15) is 11.3 Å². The zero-order valence-electron chi connectivity index (χ0n) is 9.15. The van der Waals surface area contributed by atoms with Crippen molar-refractivity contribution >= 4 is 15.9 Å². The fourth-order valence-corrected chi connectivity index (χ4v) is 2.22. The van der Waals surface area contributed by atoms with Crippen LogP contribution in [0.4, 0.5) is 17.6 Å². The summed E-state index contributed by atoms with van der Waals surface area (Å²) >= 11 is 2.76. The van der Waals surface area contributed by atoms with Crippen molar-refractivity contribution < 1.29 is 17.6 Å². The highest BCUT2D eigenvalue weighted by molar-refractivity contribution is 9.10. The summed E-state index contributed by atoms with van der Waals surface area (Å²) < 4.78 is 50.6. The summed E-state index contributed by atoms with van der Waals surface area (Å²) in [6.45, 7) is 0. The van der Waals surface area contributed by atoms with Crippen LogP contribution in [0.25, 0.3) is 11.3 Å². The number of benzene rings is 1. The van der Waals surface area contributed by atoms with Crippen molar-refractivity contribution in [2.45, 2.75) is 6.18 Å². The molecule has 0 aliphatic heterocycles. The summed E-state index contributed by atoms with van der Waals surface area (Å²) in [5, 5.41) is 8.95. The molecule has 0 saturated heterocycles. The molecule has 1 aromatic heterocycles. The van der Waals surface area contributed by atoms with E-state index in [1.165, 1.54) is 12.1 Å². The molecule has 0 amide bonds. The molecule has 2 nitrogen and oxygen atoms in total. The quantitative estimate of drug-likeness (QED) is 0.768. The average molecular weight is 333 g/mol. The van der Waals surface area contributed by atoms with Gasteiger partial charge in [-0.2, -0.15) is 18.4 Å². The second kappa shape index (κ2) is 4.70. The van der Waals surface area contributed by atoms with Crippen molar-refractivity contribution in [1.29, 1.82) is 5.26 Å². The molecule has 1 N–H and O–H groups in total. The molecule has 0 radical (unpaired) electrons. The second-order valence-electron chi connectivity index (χ2n) is 3.68. The minimum absolute atomic E-state index is 0.00157. The van der Waals surface area contributed by atoms with Gasteiger partial charge in [0.05, 0.1) is 15.7 Å². The molecule has 2 rings (SSSR count). The van der Waals surface area contributed by atoms with Crippen molar-refractivity contribution in [3.63, 3.8) is 0 Å². The number of nitriles is 1. The molecular formula is C12H5BrF4N2. The fraction of sp³-hybridized carbons (Fsp3) is 0.0833. The number of rotatable bonds is 1. The predicted molar refractivity (Wildman–Crippen MR) is 63.6 cm³/mol. The third-order valence-corrected chi connectivity index (χ3v) is 3.26. The SMILES string of the molecule is N#Cc1c(-c2ccc(F)cc2)[nH]c(C(F)(F)F)c1Br. The molecule has 0 aliphatic rings. The fourth-order valence-electron chi connectivity index (χ4n) is 1.61. The first-order valence-corrected chi connectivity index (χ1v) is 5.78. The van der Waals surface area contributed by atoms with Crippen LogP contribution in [0.2, 0.25) is 0 Å². The number of hydrogen-bond acceptors (Lipinski definition) is 1. The molecule has 0 aliphatic carbocycles. The van der Waals surface area contributed by atoms with E-state index >= 15 is 0 Å². The van der Waals surface area contributed by atoms with Crippen LogP contribution in [0, 0.1) is 17.1 Å². The van der Waals surface area contributed by atoms with Gasteiger partial charge in [-0.25, -0.2) is 4.39 Å². The van der Waals surface area contributed by atoms with Crippen LogP contribution in [0.5, 0.6) is 0 Å². The Bertz CT molecular complexity index is 650. The molecule has 0 saturated carbocycles. The lowest BCUT2D eigenvalue weighted by molar-refractivity contribution is -0.141. The highest BCUT2D eigenvalue weighted by atomic mass is 79.9. The number of aromatic nitrogens is 1. The average Bonchev–Trinajstić information content (AvgIpc) is 2.67. The van der Waals surface area contributed by atoms with Gasteiger partial charge >= 0.3 is 6.18 Å². The molecule has 2 aromatic rings. The van der Waals surface area contributed by atoms with Gasteiger partial charge in [0.15, 0.2) is 0 Å². The number of alkyl halides is 3. The Morgan fingerprint density at radius 1 is 1.16 bits per heavy atom. The Balaban J connectivity index is 2.65. The maximum absolute atomic E-state index is 12.8. The maximum atomic E-state index is 12.8. The van der Waals surface area contributed by atoms with Gasteiger partial charge in [-0.15, -0.1) is 0 Å². The lowest BCUT2D eigenvalue weighted by Gasteiger charge is -2.03. The van der Waals surface area contributed by atoms with Gasteiger partial charge in [0.2, 0.25) is 0 Å². The number of H-pyrrole nitrogens is 1. The first-order chi connectivity index (χ1) is 8.84. The first-order valence-electron chi connectivity index (χ1n) is 4.99. The van der Waals surface area contributed by atoms with Crippen molar-refractivity contribution in [3.05, 3.63) is 45.8 Å². The van der Waals surface area contributed by atoms with Gasteiger partial charge in [0.1, 0.15) is 17.6 Å². The van der Waals surface area contributed by atoms with Crippen LogP contribution in [0.3, 0.4) is 0 Å². The summed E-state index contributed by atoms with van der Waals surface area (Å²) in [6.07, 6.45) is -4.61. The van der Waals surface area contributed by atoms with Crippen molar-refractivity contribution in [3.8, 4) is 17.3 Å². The van der Waals surface area contributed by atoms with E-state index in [0.717, 1.165) is 12.1 Å². The van der Waals surface area contributed by atoms with Gasteiger partial charge < -0.3 is 4.98 Å². The van der Waals surface area contributed by atoms with Crippen molar-refractivity contribution in [1.82, 2.24) is 4.98 Å². The molecule has 0 unspecified atom stereocenters. The van der Waals surface area contributed by atoms with E-state index in [1.807, 2.05) is 0 Å². The van der Waals surface area contributed by atoms with Crippen LogP contribution in [0.15, 0.2) is 28.7 Å². The Hall–Kier alpha value is -1.81. The van der Waals surface area contributed by atoms with Crippen LogP contribution >= 0.6 is 15.9 Å². The van der Waals surface area contributed by atoms with Gasteiger partial charge in [-0.3, -0.25) is 0 Å². The second-order valence-corrected chi connectivity index (χ2v) is 4.47. The topological polar surface area (TPSA) is 39.6 Å². The molecule has 98 valence electrons. The summed E-state index contributed by atoms with van der Waals surface area (Å²) in [7, 11) is 0. The van der Waals surface area contributed by atoms with Gasteiger partial charge in [0.25, 0.3) is 0 Å². The number of halogens is 5. The molecule has 1 aromatic carbocycles. The van der Waals surface area contributed by atoms with Crippen molar-refractivity contribution in [2.24, 2.45) is 0 Å². The monoisotopic (exact) mass is 332 g/mol. The molecule has 7 heteroatoms. The van der Waals surface area contributed by atoms with E-state index in [4.69, 9.17) is 5.26 Å². The smallest absolute Gasteiger partial charge is 0.349 e. The van der Waals surface area contributed by atoms with E-state index in [0.29, 0.717) is 5.56 Å². The summed E-state index contributed by atoms with van der Waals surface area (Å²) in [4.78, 5) is 2.16. The summed E-state index contributed by atoms with van der Waals surface area (Å²) in [5.41, 5.74) is -0.904. The zero-order chi connectivity index (χ0) is 14.2. The molecular weight excluding hydrogens is 328 g/mol. The third-order valence-electron chi connectivity index (χ3n) is 2.47. The van der Waals surface area contributed by atoms with Gasteiger partial charge in [0, 0.05) is 0 Å². The highest BCUT2D eigenvalue weighted by Gasteiger charge is 2.37. The normalized spacial score (nSPS) is 11.4. The minimum Gasteiger partial charge on any atom is -0.349 e. The maximum Gasteiger partial charge on any atom is 0.432 e. The minimum atomic E-state index is -4.61. The van der Waals surface area contributed by atoms with E-state index in [2.05, 4.69) is 20.9 Å². The van der Waals surface area contributed by atoms with Crippen LogP contribution in [-0.4, -0.2) is 4.98 Å². The van der Waals surface area contributed by atoms with E-state index in [9.17, 15) is 17.6 Å². The molecule has 0 atom stereocenters. The molecule has 0 spiro atoms. The Morgan fingerprint density at radius 3 is 2.21 bits per heavy atom. The zero-order valence-corrected chi connectivity index (χ0v) is 10.7. The number of nitrogens with zero attached hydrogens (tertiary/aromatic N) is 1. The predicted octanol–water partition coefficient (Wildman–Crippen LogP) is 4.47. The lowest BCUT2D eigenvalue weighted by Crippen LogP contribution is -2.06. The van der Waals surface area contributed by atoms with E-state index in [1.54, 1.807) is 6.07 Å². The van der Waals surface area contributed by atoms with Crippen LogP contribution in [-0.2, 0) is 6.18 Å². The largest absolute Gasteiger partial charge is 0.432 e. The lowest BCUT2D eigenvalue weighted by atomic mass is 10.1. The van der Waals surface area contributed by atoms with Gasteiger partial charge in [-0.1, -0.05) is 0 Å². The standard InChI is InChI=1S/C12H5BrF4N2/c13-9-8(5-18)10(19-11(9)12(15,16)17)6-1-3-7(14)4-2-6/h1-4,19H. The number of nitrogens with one attached hydrogen (secondary N) is 1. The summed E-state index contributed by atoms with van der Waals surface area (Å²) in [6, 6.07) is 6.52. The van der Waals surface area contributed by atoms with E-state index < -0.39 is 17.7 Å². The van der Waals surface area contributed by atoms with E-state index in [-0.39, 0.29) is 15.7 Å². The summed E-state index contributed by atoms with van der Waals surface area (Å²) in [5.74, 6) is -0.510.